The molecule has 0 aliphatic rings. The molecule has 0 N–H and O–H groups in total. The van der Waals surface area contributed by atoms with Crippen LogP contribution in [-0.2, 0) is 0 Å². The molecule has 3 heteroatoms. The Bertz CT molecular complexity index is 631. The Hall–Kier alpha value is -1.74. The van der Waals surface area contributed by atoms with Crippen LogP contribution < -0.4 is 0 Å². The Morgan fingerprint density at radius 1 is 1.06 bits per heavy atom. The van der Waals surface area contributed by atoms with Gasteiger partial charge in [0.05, 0.1) is 10.6 Å². The number of aromatic nitrogens is 1. The number of rotatable bonds is 1. The molecule has 78 valence electrons. The van der Waals surface area contributed by atoms with Crippen LogP contribution in [0, 0.1) is 5.82 Å². The second-order valence-corrected chi connectivity index (χ2v) is 4.59. The van der Waals surface area contributed by atoms with Gasteiger partial charge >= 0.3 is 0 Å². The van der Waals surface area contributed by atoms with Gasteiger partial charge in [0.1, 0.15) is 5.82 Å². The minimum absolute atomic E-state index is 0.196. The van der Waals surface area contributed by atoms with Crippen LogP contribution in [0.5, 0.6) is 0 Å². The Balaban J connectivity index is 2.19. The van der Waals surface area contributed by atoms with Gasteiger partial charge in [0.15, 0.2) is 0 Å². The van der Waals surface area contributed by atoms with Crippen LogP contribution in [0.1, 0.15) is 0 Å². The summed E-state index contributed by atoms with van der Waals surface area (Å²) in [5, 5.41) is 0.936. The molecular formula is C13H8FNS. The molecule has 0 amide bonds. The van der Waals surface area contributed by atoms with E-state index in [1.54, 1.807) is 23.6 Å². The Morgan fingerprint density at radius 3 is 2.81 bits per heavy atom. The van der Waals surface area contributed by atoms with E-state index in [4.69, 9.17) is 0 Å². The predicted octanol–water partition coefficient (Wildman–Crippen LogP) is 4.10. The van der Waals surface area contributed by atoms with Gasteiger partial charge in [0.2, 0.25) is 0 Å². The fourth-order valence-electron chi connectivity index (χ4n) is 1.65. The maximum absolute atomic E-state index is 13.0. The summed E-state index contributed by atoms with van der Waals surface area (Å²) in [5.41, 5.74) is 0.934. The summed E-state index contributed by atoms with van der Waals surface area (Å²) in [6, 6.07) is 12.6. The monoisotopic (exact) mass is 229 g/mol. The lowest BCUT2D eigenvalue weighted by molar-refractivity contribution is 0.630. The van der Waals surface area contributed by atoms with Crippen LogP contribution in [-0.4, -0.2) is 4.98 Å². The lowest BCUT2D eigenvalue weighted by atomic mass is 10.2. The lowest BCUT2D eigenvalue weighted by Gasteiger charge is -1.92. The van der Waals surface area contributed by atoms with Gasteiger partial charge in [-0.3, -0.25) is 4.98 Å². The number of pyridine rings is 1. The lowest BCUT2D eigenvalue weighted by Crippen LogP contribution is -1.75. The summed E-state index contributed by atoms with van der Waals surface area (Å²) in [6.07, 6.45) is 1.76. The molecular weight excluding hydrogens is 221 g/mol. The highest BCUT2D eigenvalue weighted by Gasteiger charge is 2.05. The summed E-state index contributed by atoms with van der Waals surface area (Å²) < 4.78 is 14.1. The Labute approximate surface area is 96.2 Å². The molecule has 0 unspecified atom stereocenters. The van der Waals surface area contributed by atoms with Gasteiger partial charge in [-0.05, 0) is 41.8 Å². The largest absolute Gasteiger partial charge is 0.255 e. The molecule has 0 saturated carbocycles. The molecule has 0 bridgehead atoms. The van der Waals surface area contributed by atoms with Gasteiger partial charge in [0.25, 0.3) is 0 Å². The minimum Gasteiger partial charge on any atom is -0.255 e. The first-order valence-corrected chi connectivity index (χ1v) is 5.75. The van der Waals surface area contributed by atoms with E-state index in [9.17, 15) is 4.39 Å². The Kier molecular flexibility index (Phi) is 2.18. The summed E-state index contributed by atoms with van der Waals surface area (Å²) in [5.74, 6) is -0.196. The second-order valence-electron chi connectivity index (χ2n) is 3.51. The highest BCUT2D eigenvalue weighted by molar-refractivity contribution is 7.22. The first-order valence-electron chi connectivity index (χ1n) is 4.93. The molecule has 0 atom stereocenters. The van der Waals surface area contributed by atoms with Crippen molar-refractivity contribution in [2.24, 2.45) is 0 Å². The van der Waals surface area contributed by atoms with Crippen molar-refractivity contribution in [3.05, 3.63) is 54.5 Å². The SMILES string of the molecule is Fc1ccc2sc(-c3ccccn3)cc2c1. The molecule has 0 saturated heterocycles. The third-order valence-electron chi connectivity index (χ3n) is 2.40. The molecule has 0 aliphatic heterocycles. The number of hydrogen-bond acceptors (Lipinski definition) is 2. The van der Waals surface area contributed by atoms with Gasteiger partial charge < -0.3 is 0 Å². The number of thiophene rings is 1. The summed E-state index contributed by atoms with van der Waals surface area (Å²) in [4.78, 5) is 5.35. The molecule has 1 nitrogen and oxygen atoms in total. The molecule has 16 heavy (non-hydrogen) atoms. The molecule has 0 spiro atoms. The van der Waals surface area contributed by atoms with Crippen LogP contribution in [0.2, 0.25) is 0 Å². The number of nitrogens with zero attached hydrogens (tertiary/aromatic N) is 1. The van der Waals surface area contributed by atoms with Gasteiger partial charge in [-0.2, -0.15) is 0 Å². The molecule has 0 fully saturated rings. The van der Waals surface area contributed by atoms with Crippen molar-refractivity contribution >= 4 is 21.4 Å². The van der Waals surface area contributed by atoms with Gasteiger partial charge in [0, 0.05) is 10.9 Å². The van der Waals surface area contributed by atoms with Gasteiger partial charge in [-0.15, -0.1) is 11.3 Å². The molecule has 3 aromatic rings. The highest BCUT2D eigenvalue weighted by Crippen LogP contribution is 2.32. The molecule has 0 radical (unpaired) electrons. The second kappa shape index (κ2) is 3.68. The summed E-state index contributed by atoms with van der Waals surface area (Å²) >= 11 is 1.63. The highest BCUT2D eigenvalue weighted by atomic mass is 32.1. The smallest absolute Gasteiger partial charge is 0.123 e. The molecule has 1 aromatic carbocycles. The van der Waals surface area contributed by atoms with Crippen molar-refractivity contribution < 1.29 is 4.39 Å². The zero-order valence-electron chi connectivity index (χ0n) is 8.35. The van der Waals surface area contributed by atoms with Crippen LogP contribution in [0.15, 0.2) is 48.7 Å². The average Bonchev–Trinajstić information content (AvgIpc) is 2.73. The maximum Gasteiger partial charge on any atom is 0.123 e. The van der Waals surface area contributed by atoms with Crippen LogP contribution in [0.25, 0.3) is 20.7 Å². The first kappa shape index (κ1) is 9.48. The fourth-order valence-corrected chi connectivity index (χ4v) is 2.67. The fraction of sp³-hybridized carbons (Fsp3) is 0. The van der Waals surface area contributed by atoms with Gasteiger partial charge in [-0.25, -0.2) is 4.39 Å². The van der Waals surface area contributed by atoms with Crippen LogP contribution >= 0.6 is 11.3 Å². The molecule has 0 aliphatic carbocycles. The predicted molar refractivity (Wildman–Crippen MR) is 65.0 cm³/mol. The van der Waals surface area contributed by atoms with Crippen molar-refractivity contribution in [3.63, 3.8) is 0 Å². The third-order valence-corrected chi connectivity index (χ3v) is 3.53. The van der Waals surface area contributed by atoms with Crippen molar-refractivity contribution in [3.8, 4) is 10.6 Å². The van der Waals surface area contributed by atoms with E-state index in [1.807, 2.05) is 30.3 Å². The first-order chi connectivity index (χ1) is 7.83. The van der Waals surface area contributed by atoms with Crippen LogP contribution in [0.3, 0.4) is 0 Å². The van der Waals surface area contributed by atoms with E-state index in [0.717, 1.165) is 20.7 Å². The number of halogens is 1. The summed E-state index contributed by atoms with van der Waals surface area (Å²) in [7, 11) is 0. The molecule has 2 heterocycles. The molecule has 3 rings (SSSR count). The minimum atomic E-state index is -0.196. The normalized spacial score (nSPS) is 10.8. The van der Waals surface area contributed by atoms with Gasteiger partial charge in [-0.1, -0.05) is 6.07 Å². The van der Waals surface area contributed by atoms with E-state index in [1.165, 1.54) is 6.07 Å². The maximum atomic E-state index is 13.0. The standard InChI is InChI=1S/C13H8FNS/c14-10-4-5-12-9(7-10)8-13(16-12)11-3-1-2-6-15-11/h1-8H. The summed E-state index contributed by atoms with van der Waals surface area (Å²) in [6.45, 7) is 0. The van der Waals surface area contributed by atoms with E-state index >= 15 is 0 Å². The third kappa shape index (κ3) is 1.59. The number of fused-ring (bicyclic) bond motifs is 1. The van der Waals surface area contributed by atoms with E-state index in [0.29, 0.717) is 0 Å². The zero-order chi connectivity index (χ0) is 11.0. The Morgan fingerprint density at radius 2 is 2.00 bits per heavy atom. The van der Waals surface area contributed by atoms with E-state index < -0.39 is 0 Å². The van der Waals surface area contributed by atoms with Crippen molar-refractivity contribution in [2.75, 3.05) is 0 Å². The quantitative estimate of drug-likeness (QED) is 0.612. The van der Waals surface area contributed by atoms with E-state index in [2.05, 4.69) is 4.98 Å². The number of benzene rings is 1. The van der Waals surface area contributed by atoms with Crippen molar-refractivity contribution in [2.45, 2.75) is 0 Å². The number of hydrogen-bond donors (Lipinski definition) is 0. The molecule has 2 aromatic heterocycles. The average molecular weight is 229 g/mol. The van der Waals surface area contributed by atoms with Crippen molar-refractivity contribution in [1.82, 2.24) is 4.98 Å². The topological polar surface area (TPSA) is 12.9 Å². The van der Waals surface area contributed by atoms with Crippen molar-refractivity contribution in [1.29, 1.82) is 0 Å². The van der Waals surface area contributed by atoms with E-state index in [-0.39, 0.29) is 5.82 Å². The zero-order valence-corrected chi connectivity index (χ0v) is 9.17. The van der Waals surface area contributed by atoms with Crippen LogP contribution in [0.4, 0.5) is 4.39 Å².